The van der Waals surface area contributed by atoms with Gasteiger partial charge < -0.3 is 4.74 Å². The Hall–Kier alpha value is -0.960. The van der Waals surface area contributed by atoms with Crippen molar-refractivity contribution in [1.82, 2.24) is 0 Å². The van der Waals surface area contributed by atoms with Crippen LogP contribution < -0.4 is 0 Å². The minimum atomic E-state index is -0.438. The van der Waals surface area contributed by atoms with Gasteiger partial charge in [-0.1, -0.05) is 0 Å². The lowest BCUT2D eigenvalue weighted by molar-refractivity contribution is 0.191. The highest BCUT2D eigenvalue weighted by molar-refractivity contribution is 5.23. The quantitative estimate of drug-likeness (QED) is 0.724. The maximum absolute atomic E-state index is 13.2. The van der Waals surface area contributed by atoms with E-state index >= 15 is 0 Å². The van der Waals surface area contributed by atoms with Gasteiger partial charge in [0.25, 0.3) is 0 Å². The molecule has 0 bridgehead atoms. The van der Waals surface area contributed by atoms with Gasteiger partial charge in [0.05, 0.1) is 0 Å². The molecule has 1 atom stereocenters. The molecule has 1 nitrogen and oxygen atoms in total. The maximum Gasteiger partial charge on any atom is 0.126 e. The molecule has 0 aliphatic rings. The standard InChI is InChI=1S/C11H13F2O/c1-8(5-6-14-2)10-7-9(12)3-4-11(10)13/h3-4,7-8H,1,5-6H2,2H3. The van der Waals surface area contributed by atoms with Crippen LogP contribution in [0.3, 0.4) is 0 Å². The Labute approximate surface area is 82.7 Å². The average molecular weight is 199 g/mol. The first-order valence-corrected chi connectivity index (χ1v) is 4.42. The van der Waals surface area contributed by atoms with E-state index in [0.717, 1.165) is 12.1 Å². The zero-order chi connectivity index (χ0) is 10.6. The van der Waals surface area contributed by atoms with Crippen molar-refractivity contribution in [2.75, 3.05) is 13.7 Å². The van der Waals surface area contributed by atoms with Gasteiger partial charge in [0.15, 0.2) is 0 Å². The molecule has 1 unspecified atom stereocenters. The largest absolute Gasteiger partial charge is 0.385 e. The first-order valence-electron chi connectivity index (χ1n) is 4.42. The summed E-state index contributed by atoms with van der Waals surface area (Å²) in [6, 6.07) is 3.40. The van der Waals surface area contributed by atoms with Crippen molar-refractivity contribution in [3.8, 4) is 0 Å². The van der Waals surface area contributed by atoms with Crippen LogP contribution in [-0.4, -0.2) is 13.7 Å². The summed E-state index contributed by atoms with van der Waals surface area (Å²) in [6.45, 7) is 4.25. The summed E-state index contributed by atoms with van der Waals surface area (Å²) in [7, 11) is 1.56. The molecule has 1 radical (unpaired) electrons. The van der Waals surface area contributed by atoms with Crippen LogP contribution in [0.15, 0.2) is 18.2 Å². The van der Waals surface area contributed by atoms with Crippen molar-refractivity contribution in [1.29, 1.82) is 0 Å². The molecule has 1 aromatic rings. The second-order valence-electron chi connectivity index (χ2n) is 3.14. The predicted octanol–water partition coefficient (Wildman–Crippen LogP) is 2.92. The summed E-state index contributed by atoms with van der Waals surface area (Å²) in [5.41, 5.74) is 0.307. The fraction of sp³-hybridized carbons (Fsp3) is 0.364. The van der Waals surface area contributed by atoms with Crippen molar-refractivity contribution < 1.29 is 13.5 Å². The van der Waals surface area contributed by atoms with Gasteiger partial charge in [0, 0.05) is 13.7 Å². The Bertz CT molecular complexity index is 299. The molecule has 3 heteroatoms. The van der Waals surface area contributed by atoms with Gasteiger partial charge in [0.2, 0.25) is 0 Å². The highest BCUT2D eigenvalue weighted by atomic mass is 19.1. The fourth-order valence-corrected chi connectivity index (χ4v) is 1.24. The molecule has 1 rings (SSSR count). The second kappa shape index (κ2) is 5.05. The number of hydrogen-bond donors (Lipinski definition) is 0. The predicted molar refractivity (Wildman–Crippen MR) is 50.9 cm³/mol. The van der Waals surface area contributed by atoms with Gasteiger partial charge in [-0.25, -0.2) is 8.78 Å². The monoisotopic (exact) mass is 199 g/mol. The van der Waals surface area contributed by atoms with Crippen molar-refractivity contribution in [2.45, 2.75) is 12.3 Å². The topological polar surface area (TPSA) is 9.23 Å². The summed E-state index contributed by atoms with van der Waals surface area (Å²) < 4.78 is 30.9. The Balaban J connectivity index is 2.77. The van der Waals surface area contributed by atoms with E-state index in [0.29, 0.717) is 18.6 Å². The highest BCUT2D eigenvalue weighted by Gasteiger charge is 2.11. The molecule has 0 heterocycles. The molecule has 1 aromatic carbocycles. The summed E-state index contributed by atoms with van der Waals surface area (Å²) in [6.07, 6.45) is 0.580. The molecular weight excluding hydrogens is 186 g/mol. The SMILES string of the molecule is [CH2]C(CCOC)c1cc(F)ccc1F. The van der Waals surface area contributed by atoms with E-state index in [1.807, 2.05) is 0 Å². The summed E-state index contributed by atoms with van der Waals surface area (Å²) in [4.78, 5) is 0. The Kier molecular flexibility index (Phi) is 4.01. The van der Waals surface area contributed by atoms with Gasteiger partial charge in [-0.2, -0.15) is 0 Å². The fourth-order valence-electron chi connectivity index (χ4n) is 1.24. The molecule has 0 saturated carbocycles. The Morgan fingerprint density at radius 2 is 2.14 bits per heavy atom. The smallest absolute Gasteiger partial charge is 0.126 e. The first-order chi connectivity index (χ1) is 6.65. The molecule has 0 spiro atoms. The molecule has 0 saturated heterocycles. The molecule has 0 amide bonds. The van der Waals surface area contributed by atoms with E-state index in [1.165, 1.54) is 6.07 Å². The number of benzene rings is 1. The van der Waals surface area contributed by atoms with Crippen LogP contribution in [0.4, 0.5) is 8.78 Å². The molecule has 0 aromatic heterocycles. The van der Waals surface area contributed by atoms with Crippen molar-refractivity contribution >= 4 is 0 Å². The highest BCUT2D eigenvalue weighted by Crippen LogP contribution is 2.22. The number of ether oxygens (including phenoxy) is 1. The molecule has 0 fully saturated rings. The first kappa shape index (κ1) is 11.1. The van der Waals surface area contributed by atoms with E-state index in [9.17, 15) is 8.78 Å². The van der Waals surface area contributed by atoms with Crippen LogP contribution in [-0.2, 0) is 4.74 Å². The number of methoxy groups -OCH3 is 1. The van der Waals surface area contributed by atoms with E-state index in [1.54, 1.807) is 7.11 Å². The van der Waals surface area contributed by atoms with Crippen LogP contribution in [0.5, 0.6) is 0 Å². The molecule has 0 aliphatic heterocycles. The third kappa shape index (κ3) is 2.77. The second-order valence-corrected chi connectivity index (χ2v) is 3.14. The zero-order valence-electron chi connectivity index (χ0n) is 8.09. The van der Waals surface area contributed by atoms with Crippen LogP contribution >= 0.6 is 0 Å². The number of halogens is 2. The lowest BCUT2D eigenvalue weighted by Gasteiger charge is -2.11. The van der Waals surface area contributed by atoms with E-state index in [4.69, 9.17) is 4.74 Å². The van der Waals surface area contributed by atoms with E-state index in [-0.39, 0.29) is 5.92 Å². The van der Waals surface area contributed by atoms with Gasteiger partial charge in [0.1, 0.15) is 11.6 Å². The van der Waals surface area contributed by atoms with E-state index < -0.39 is 11.6 Å². The molecule has 14 heavy (non-hydrogen) atoms. The third-order valence-corrected chi connectivity index (χ3v) is 2.07. The van der Waals surface area contributed by atoms with Crippen LogP contribution in [0, 0.1) is 18.6 Å². The lowest BCUT2D eigenvalue weighted by Crippen LogP contribution is -2.02. The van der Waals surface area contributed by atoms with Crippen molar-refractivity contribution in [3.63, 3.8) is 0 Å². The normalized spacial score (nSPS) is 12.9. The summed E-state index contributed by atoms with van der Waals surface area (Å²) in [5, 5.41) is 0. The molecule has 77 valence electrons. The van der Waals surface area contributed by atoms with Gasteiger partial charge in [-0.15, -0.1) is 0 Å². The minimum absolute atomic E-state index is 0.273. The minimum Gasteiger partial charge on any atom is -0.385 e. The van der Waals surface area contributed by atoms with Crippen molar-refractivity contribution in [3.05, 3.63) is 42.3 Å². The van der Waals surface area contributed by atoms with Gasteiger partial charge in [-0.3, -0.25) is 0 Å². The van der Waals surface area contributed by atoms with Crippen molar-refractivity contribution in [2.24, 2.45) is 0 Å². The van der Waals surface area contributed by atoms with E-state index in [2.05, 4.69) is 6.92 Å². The lowest BCUT2D eigenvalue weighted by atomic mass is 9.97. The summed E-state index contributed by atoms with van der Waals surface area (Å²) >= 11 is 0. The maximum atomic E-state index is 13.2. The van der Waals surface area contributed by atoms with Gasteiger partial charge >= 0.3 is 0 Å². The Morgan fingerprint density at radius 1 is 1.43 bits per heavy atom. The molecule has 0 N–H and O–H groups in total. The van der Waals surface area contributed by atoms with Crippen LogP contribution in [0.2, 0.25) is 0 Å². The van der Waals surface area contributed by atoms with Crippen LogP contribution in [0.25, 0.3) is 0 Å². The Morgan fingerprint density at radius 3 is 2.79 bits per heavy atom. The molecule has 0 aliphatic carbocycles. The number of rotatable bonds is 4. The van der Waals surface area contributed by atoms with Gasteiger partial charge in [-0.05, 0) is 43.0 Å². The average Bonchev–Trinajstić information content (AvgIpc) is 2.18. The third-order valence-electron chi connectivity index (χ3n) is 2.07. The number of hydrogen-bond acceptors (Lipinski definition) is 1. The summed E-state index contributed by atoms with van der Waals surface area (Å²) in [5.74, 6) is -1.12. The molecular formula is C11H13F2O. The van der Waals surface area contributed by atoms with Crippen LogP contribution in [0.1, 0.15) is 17.9 Å². The zero-order valence-corrected chi connectivity index (χ0v) is 8.09.